The highest BCUT2D eigenvalue weighted by Gasteiger charge is 2.33. The molecule has 0 saturated carbocycles. The van der Waals surface area contributed by atoms with Crippen LogP contribution < -0.4 is 16.4 Å². The highest BCUT2D eigenvalue weighted by molar-refractivity contribution is 5.93. The molecule has 3 unspecified atom stereocenters. The van der Waals surface area contributed by atoms with Gasteiger partial charge in [-0.1, -0.05) is 45.0 Å². The molecule has 10 nitrogen and oxygen atoms in total. The van der Waals surface area contributed by atoms with Crippen LogP contribution in [0.15, 0.2) is 42.5 Å². The number of carbonyl (C=O) groups is 4. The van der Waals surface area contributed by atoms with Crippen LogP contribution in [-0.2, 0) is 37.4 Å². The number of hydrogen-bond acceptors (Lipinski definition) is 6. The molecule has 240 valence electrons. The van der Waals surface area contributed by atoms with Gasteiger partial charge in [0.05, 0.1) is 6.04 Å². The van der Waals surface area contributed by atoms with Gasteiger partial charge >= 0.3 is 0 Å². The predicted molar refractivity (Wildman–Crippen MR) is 166 cm³/mol. The third kappa shape index (κ3) is 9.51. The third-order valence-corrected chi connectivity index (χ3v) is 8.01. The summed E-state index contributed by atoms with van der Waals surface area (Å²) in [7, 11) is 3.19. The molecule has 0 aromatic heterocycles. The van der Waals surface area contributed by atoms with Crippen LogP contribution in [0.25, 0.3) is 0 Å². The maximum atomic E-state index is 13.8. The van der Waals surface area contributed by atoms with Gasteiger partial charge in [-0.3, -0.25) is 19.2 Å². The molecule has 3 rings (SSSR count). The number of likely N-dealkylation sites (N-methyl/N-ethyl adjacent to an activating group) is 1. The van der Waals surface area contributed by atoms with Crippen molar-refractivity contribution < 1.29 is 28.7 Å². The molecule has 2 aromatic rings. The van der Waals surface area contributed by atoms with Crippen LogP contribution in [-0.4, -0.2) is 83.8 Å². The van der Waals surface area contributed by atoms with Crippen molar-refractivity contribution in [3.05, 3.63) is 65.0 Å². The van der Waals surface area contributed by atoms with E-state index in [2.05, 4.69) is 10.6 Å². The number of amides is 4. The Bertz CT molecular complexity index is 1330. The number of halogens is 1. The van der Waals surface area contributed by atoms with Crippen molar-refractivity contribution in [2.75, 3.05) is 27.2 Å². The highest BCUT2D eigenvalue weighted by Crippen LogP contribution is 2.31. The van der Waals surface area contributed by atoms with Gasteiger partial charge in [-0.25, -0.2) is 4.39 Å². The molecule has 0 bridgehead atoms. The molecule has 1 fully saturated rings. The SMILES string of the molecule is CN1CCCC(N(C)C(=O)C(N)Cc2ccc(F)cc2)C(=O)NC(Cc2ccc(O)c(C(C)(C)C)c2)C(=O)NCCCC1=O. The van der Waals surface area contributed by atoms with Crippen LogP contribution >= 0.6 is 0 Å². The zero-order valence-electron chi connectivity index (χ0n) is 26.4. The number of nitrogens with one attached hydrogen (secondary N) is 2. The van der Waals surface area contributed by atoms with E-state index < -0.39 is 41.7 Å². The fourth-order valence-corrected chi connectivity index (χ4v) is 5.31. The van der Waals surface area contributed by atoms with Gasteiger partial charge in [0.1, 0.15) is 23.7 Å². The van der Waals surface area contributed by atoms with Crippen LogP contribution in [0.1, 0.15) is 63.1 Å². The van der Waals surface area contributed by atoms with Gasteiger partial charge in [0.25, 0.3) is 0 Å². The summed E-state index contributed by atoms with van der Waals surface area (Å²) in [6, 6.07) is 7.91. The number of nitrogens with two attached hydrogens (primary N) is 1. The van der Waals surface area contributed by atoms with Crippen molar-refractivity contribution in [1.82, 2.24) is 20.4 Å². The van der Waals surface area contributed by atoms with Crippen LogP contribution in [0.2, 0.25) is 0 Å². The molecular formula is C33H46FN5O5. The van der Waals surface area contributed by atoms with Crippen molar-refractivity contribution in [3.63, 3.8) is 0 Å². The van der Waals surface area contributed by atoms with Crippen LogP contribution in [0.5, 0.6) is 5.75 Å². The van der Waals surface area contributed by atoms with Crippen LogP contribution in [0.3, 0.4) is 0 Å². The van der Waals surface area contributed by atoms with E-state index in [0.717, 1.165) is 5.56 Å². The lowest BCUT2D eigenvalue weighted by atomic mass is 9.84. The van der Waals surface area contributed by atoms with Crippen molar-refractivity contribution in [2.45, 2.75) is 82.8 Å². The average Bonchev–Trinajstić information content (AvgIpc) is 2.97. The monoisotopic (exact) mass is 611 g/mol. The summed E-state index contributed by atoms with van der Waals surface area (Å²) in [4.78, 5) is 56.1. The number of carbonyl (C=O) groups excluding carboxylic acids is 4. The first-order valence-corrected chi connectivity index (χ1v) is 15.1. The summed E-state index contributed by atoms with van der Waals surface area (Å²) in [5.41, 5.74) is 8.03. The van der Waals surface area contributed by atoms with E-state index in [-0.39, 0.29) is 49.3 Å². The number of hydrogen-bond donors (Lipinski definition) is 4. The van der Waals surface area contributed by atoms with E-state index in [1.165, 1.54) is 24.1 Å². The molecule has 0 aliphatic carbocycles. The molecule has 3 atom stereocenters. The van der Waals surface area contributed by atoms with Crippen molar-refractivity contribution in [3.8, 4) is 5.75 Å². The van der Waals surface area contributed by atoms with E-state index >= 15 is 0 Å². The van der Waals surface area contributed by atoms with E-state index in [4.69, 9.17) is 5.73 Å². The van der Waals surface area contributed by atoms with Crippen LogP contribution in [0, 0.1) is 5.82 Å². The molecule has 1 aliphatic rings. The Morgan fingerprint density at radius 3 is 2.41 bits per heavy atom. The fourth-order valence-electron chi connectivity index (χ4n) is 5.31. The molecule has 0 spiro atoms. The van der Waals surface area contributed by atoms with Crippen molar-refractivity contribution in [1.29, 1.82) is 0 Å². The summed E-state index contributed by atoms with van der Waals surface area (Å²) < 4.78 is 13.4. The summed E-state index contributed by atoms with van der Waals surface area (Å²) >= 11 is 0. The summed E-state index contributed by atoms with van der Waals surface area (Å²) in [5.74, 6) is -1.73. The summed E-state index contributed by atoms with van der Waals surface area (Å²) in [6.45, 7) is 6.56. The second kappa shape index (κ2) is 15.1. The minimum Gasteiger partial charge on any atom is -0.508 e. The van der Waals surface area contributed by atoms with E-state index in [1.54, 1.807) is 36.2 Å². The predicted octanol–water partition coefficient (Wildman–Crippen LogP) is 2.40. The van der Waals surface area contributed by atoms with Gasteiger partial charge in [-0.2, -0.15) is 0 Å². The Morgan fingerprint density at radius 2 is 1.75 bits per heavy atom. The molecule has 0 radical (unpaired) electrons. The quantitative estimate of drug-likeness (QED) is 0.395. The van der Waals surface area contributed by atoms with Gasteiger partial charge < -0.3 is 31.3 Å². The first kappa shape index (κ1) is 34.5. The first-order valence-electron chi connectivity index (χ1n) is 15.1. The minimum absolute atomic E-state index is 0.0709. The van der Waals surface area contributed by atoms with Gasteiger partial charge in [-0.05, 0) is 66.0 Å². The Labute approximate surface area is 259 Å². The smallest absolute Gasteiger partial charge is 0.243 e. The zero-order chi connectivity index (χ0) is 32.6. The van der Waals surface area contributed by atoms with Gasteiger partial charge in [-0.15, -0.1) is 0 Å². The molecule has 2 aromatic carbocycles. The Hall–Kier alpha value is -3.99. The lowest BCUT2D eigenvalue weighted by Crippen LogP contribution is -2.57. The zero-order valence-corrected chi connectivity index (χ0v) is 26.4. The Balaban J connectivity index is 1.88. The van der Waals surface area contributed by atoms with Gasteiger partial charge in [0.2, 0.25) is 23.6 Å². The lowest BCUT2D eigenvalue weighted by Gasteiger charge is -2.32. The molecule has 1 saturated heterocycles. The maximum Gasteiger partial charge on any atom is 0.243 e. The first-order chi connectivity index (χ1) is 20.7. The van der Waals surface area contributed by atoms with Crippen LogP contribution in [0.4, 0.5) is 4.39 Å². The minimum atomic E-state index is -0.984. The molecule has 4 amide bonds. The molecule has 1 heterocycles. The van der Waals surface area contributed by atoms with E-state index in [0.29, 0.717) is 30.5 Å². The number of aromatic hydroxyl groups is 1. The second-order valence-corrected chi connectivity index (χ2v) is 12.6. The highest BCUT2D eigenvalue weighted by atomic mass is 19.1. The lowest BCUT2D eigenvalue weighted by molar-refractivity contribution is -0.141. The van der Waals surface area contributed by atoms with E-state index in [1.807, 2.05) is 26.8 Å². The van der Waals surface area contributed by atoms with Gasteiger partial charge in [0.15, 0.2) is 0 Å². The summed E-state index contributed by atoms with van der Waals surface area (Å²) in [5, 5.41) is 16.1. The van der Waals surface area contributed by atoms with Crippen molar-refractivity contribution in [2.24, 2.45) is 5.73 Å². The molecular weight excluding hydrogens is 565 g/mol. The molecule has 44 heavy (non-hydrogen) atoms. The normalized spacial score (nSPS) is 19.9. The average molecular weight is 612 g/mol. The van der Waals surface area contributed by atoms with Gasteiger partial charge in [0, 0.05) is 40.0 Å². The standard InChI is InChI=1S/C33H46FN5O5/c1-33(2,3)24-18-22(12-15-28(24)40)20-26-30(42)36-16-6-9-29(41)38(4)17-7-8-27(31(43)37-26)39(5)32(44)25(35)19-21-10-13-23(34)14-11-21/h10-15,18,25-27,40H,6-9,16-17,19-20,35H2,1-5H3,(H,36,42)(H,37,43). The second-order valence-electron chi connectivity index (χ2n) is 12.6. The number of phenolic OH excluding ortho intramolecular Hbond substituents is 1. The third-order valence-electron chi connectivity index (χ3n) is 8.01. The summed E-state index contributed by atoms with van der Waals surface area (Å²) in [6.07, 6.45) is 1.69. The number of benzene rings is 2. The molecule has 1 aliphatic heterocycles. The molecule has 5 N–H and O–H groups in total. The van der Waals surface area contributed by atoms with Crippen molar-refractivity contribution >= 4 is 23.6 Å². The largest absolute Gasteiger partial charge is 0.508 e. The Kier molecular flexibility index (Phi) is 11.9. The maximum absolute atomic E-state index is 13.8. The fraction of sp³-hybridized carbons (Fsp3) is 0.515. The number of nitrogens with zero attached hydrogens (tertiary/aromatic N) is 2. The van der Waals surface area contributed by atoms with E-state index in [9.17, 15) is 28.7 Å². The number of phenols is 1. The Morgan fingerprint density at radius 1 is 1.09 bits per heavy atom. The molecule has 11 heteroatoms. The topological polar surface area (TPSA) is 145 Å². The number of rotatable bonds is 6.